The molecule has 0 heterocycles. The molecule has 0 radical (unpaired) electrons. The zero-order chi connectivity index (χ0) is 44.5. The SMILES string of the molecule is CCCCCCCCCCCC(=O)N[C@H](C(=O)N[C@H](C(=O)N[C@@H](C)C(=O)NCC(=O)N[C@@H](CCCCN)C(=O)N[C@@H](Cc1ccc(O)c(O)c1)C(N)=O)C(C)C)C(C)C. The summed E-state index contributed by atoms with van der Waals surface area (Å²) in [4.78, 5) is 90.8. The number of phenols is 2. The number of aromatic hydroxyl groups is 2. The second-order valence-corrected chi connectivity index (χ2v) is 15.9. The first-order valence-corrected chi connectivity index (χ1v) is 21.2. The molecular weight excluding hydrogens is 761 g/mol. The van der Waals surface area contributed by atoms with Gasteiger partial charge in [-0.05, 0) is 68.7 Å². The van der Waals surface area contributed by atoms with Crippen molar-refractivity contribution in [3.8, 4) is 11.5 Å². The van der Waals surface area contributed by atoms with Gasteiger partial charge in [0, 0.05) is 12.8 Å². The number of hydrogen-bond donors (Lipinski definition) is 10. The molecule has 0 saturated carbocycles. The largest absolute Gasteiger partial charge is 0.504 e. The van der Waals surface area contributed by atoms with E-state index in [0.717, 1.165) is 25.7 Å². The van der Waals surface area contributed by atoms with Crippen molar-refractivity contribution in [1.82, 2.24) is 31.9 Å². The van der Waals surface area contributed by atoms with E-state index in [1.807, 2.05) is 0 Å². The summed E-state index contributed by atoms with van der Waals surface area (Å²) in [5, 5.41) is 35.0. The van der Waals surface area contributed by atoms with Gasteiger partial charge in [-0.2, -0.15) is 0 Å². The highest BCUT2D eigenvalue weighted by Crippen LogP contribution is 2.25. The van der Waals surface area contributed by atoms with Crippen LogP contribution in [0.3, 0.4) is 0 Å². The smallest absolute Gasteiger partial charge is 0.243 e. The van der Waals surface area contributed by atoms with Gasteiger partial charge in [-0.15, -0.1) is 0 Å². The van der Waals surface area contributed by atoms with Crippen LogP contribution in [0.2, 0.25) is 0 Å². The summed E-state index contributed by atoms with van der Waals surface area (Å²) in [6.45, 7) is 10.5. The number of unbranched alkanes of at least 4 members (excludes halogenated alkanes) is 9. The molecule has 0 fully saturated rings. The monoisotopic (exact) mass is 833 g/mol. The minimum absolute atomic E-state index is 0.103. The van der Waals surface area contributed by atoms with Crippen LogP contribution in [0.4, 0.5) is 0 Å². The maximum Gasteiger partial charge on any atom is 0.243 e. The summed E-state index contributed by atoms with van der Waals surface area (Å²) >= 11 is 0. The number of nitrogens with one attached hydrogen (secondary N) is 6. The molecule has 0 bridgehead atoms. The molecule has 0 aliphatic rings. The molecule has 17 heteroatoms. The van der Waals surface area contributed by atoms with E-state index in [1.54, 1.807) is 27.7 Å². The Balaban J connectivity index is 2.75. The number of benzene rings is 1. The van der Waals surface area contributed by atoms with Gasteiger partial charge in [-0.25, -0.2) is 0 Å². The summed E-state index contributed by atoms with van der Waals surface area (Å²) in [5.41, 5.74) is 11.5. The molecule has 1 aromatic carbocycles. The molecule has 1 rings (SSSR count). The van der Waals surface area contributed by atoms with Crippen molar-refractivity contribution >= 4 is 41.4 Å². The minimum Gasteiger partial charge on any atom is -0.504 e. The third-order valence-corrected chi connectivity index (χ3v) is 9.93. The number of hydrogen-bond acceptors (Lipinski definition) is 10. The van der Waals surface area contributed by atoms with E-state index in [-0.39, 0.29) is 36.3 Å². The maximum atomic E-state index is 13.4. The molecule has 1 aromatic rings. The van der Waals surface area contributed by atoms with Crippen LogP contribution in [0.5, 0.6) is 11.5 Å². The van der Waals surface area contributed by atoms with Gasteiger partial charge in [0.05, 0.1) is 6.54 Å². The number of nitrogens with two attached hydrogens (primary N) is 2. The summed E-state index contributed by atoms with van der Waals surface area (Å²) < 4.78 is 0. The molecular formula is C42H72N8O9. The Kier molecular flexibility index (Phi) is 25.2. The fourth-order valence-corrected chi connectivity index (χ4v) is 6.28. The molecule has 0 aliphatic carbocycles. The average molecular weight is 833 g/mol. The lowest BCUT2D eigenvalue weighted by Crippen LogP contribution is -2.59. The molecule has 12 N–H and O–H groups in total. The molecule has 59 heavy (non-hydrogen) atoms. The Morgan fingerprint density at radius 1 is 0.610 bits per heavy atom. The molecule has 0 saturated heterocycles. The van der Waals surface area contributed by atoms with Gasteiger partial charge in [0.15, 0.2) is 11.5 Å². The zero-order valence-corrected chi connectivity index (χ0v) is 36.0. The Morgan fingerprint density at radius 2 is 1.19 bits per heavy atom. The first kappa shape index (κ1) is 52.1. The van der Waals surface area contributed by atoms with Gasteiger partial charge in [0.25, 0.3) is 0 Å². The van der Waals surface area contributed by atoms with E-state index in [4.69, 9.17) is 11.5 Å². The topological polar surface area (TPSA) is 284 Å². The Hall–Kier alpha value is -4.93. The third-order valence-electron chi connectivity index (χ3n) is 9.93. The third kappa shape index (κ3) is 21.1. The number of phenolic OH excluding ortho intramolecular Hbond substituents is 2. The van der Waals surface area contributed by atoms with Crippen molar-refractivity contribution in [2.75, 3.05) is 13.1 Å². The average Bonchev–Trinajstić information content (AvgIpc) is 3.17. The van der Waals surface area contributed by atoms with Crippen molar-refractivity contribution in [3.05, 3.63) is 23.8 Å². The van der Waals surface area contributed by atoms with Gasteiger partial charge in [-0.3, -0.25) is 33.6 Å². The van der Waals surface area contributed by atoms with Crippen LogP contribution in [0, 0.1) is 11.8 Å². The van der Waals surface area contributed by atoms with Crippen LogP contribution < -0.4 is 43.4 Å². The Morgan fingerprint density at radius 3 is 1.75 bits per heavy atom. The summed E-state index contributed by atoms with van der Waals surface area (Å²) in [6, 6.07) is -1.45. The van der Waals surface area contributed by atoms with E-state index in [0.29, 0.717) is 31.4 Å². The van der Waals surface area contributed by atoms with E-state index in [2.05, 4.69) is 38.8 Å². The molecule has 17 nitrogen and oxygen atoms in total. The van der Waals surface area contributed by atoms with Crippen molar-refractivity contribution in [2.24, 2.45) is 23.3 Å². The fourth-order valence-electron chi connectivity index (χ4n) is 6.28. The number of amides is 7. The van der Waals surface area contributed by atoms with E-state index >= 15 is 0 Å². The molecule has 0 aliphatic heterocycles. The lowest BCUT2D eigenvalue weighted by Gasteiger charge is -2.28. The van der Waals surface area contributed by atoms with Gasteiger partial charge in [0.1, 0.15) is 30.2 Å². The highest BCUT2D eigenvalue weighted by atomic mass is 16.3. The normalized spacial score (nSPS) is 13.7. The zero-order valence-electron chi connectivity index (χ0n) is 36.0. The Labute approximate surface area is 349 Å². The Bertz CT molecular complexity index is 1510. The van der Waals surface area contributed by atoms with Crippen LogP contribution in [-0.4, -0.2) is 94.9 Å². The second kappa shape index (κ2) is 28.5. The molecule has 0 spiro atoms. The lowest BCUT2D eigenvalue weighted by atomic mass is 9.99. The fraction of sp³-hybridized carbons (Fsp3) is 0.690. The van der Waals surface area contributed by atoms with Crippen molar-refractivity contribution < 1.29 is 43.8 Å². The molecule has 0 unspecified atom stereocenters. The lowest BCUT2D eigenvalue weighted by molar-refractivity contribution is -0.135. The predicted molar refractivity (Wildman–Crippen MR) is 225 cm³/mol. The summed E-state index contributed by atoms with van der Waals surface area (Å²) in [6.07, 6.45) is 11.4. The number of primary amides is 1. The standard InChI is InChI=1S/C42H72N8O9/c1-7-8-9-10-11-12-13-14-15-19-34(53)49-36(26(2)3)42(59)50-37(27(4)5)41(58)46-28(6)39(56)45-25-35(54)47-30(18-16-17-22-43)40(57)48-31(38(44)55)23-29-20-21-32(51)33(52)24-29/h20-21,24,26-28,30-31,36-37,51-52H,7-19,22-23,25,43H2,1-6H3,(H2,44,55)(H,45,56)(H,46,58)(H,47,54)(H,48,57)(H,49,53)(H,50,59)/t28-,30-,31-,36-,37-/m0/s1. The van der Waals surface area contributed by atoms with Gasteiger partial charge in [-0.1, -0.05) is 92.1 Å². The van der Waals surface area contributed by atoms with E-state index in [9.17, 15) is 43.8 Å². The van der Waals surface area contributed by atoms with Crippen LogP contribution >= 0.6 is 0 Å². The number of carbonyl (C=O) groups is 7. The summed E-state index contributed by atoms with van der Waals surface area (Å²) in [7, 11) is 0. The molecule has 5 atom stereocenters. The highest BCUT2D eigenvalue weighted by molar-refractivity contribution is 5.96. The molecule has 0 aromatic heterocycles. The van der Waals surface area contributed by atoms with Crippen LogP contribution in [0.25, 0.3) is 0 Å². The predicted octanol–water partition coefficient (Wildman–Crippen LogP) is 2.05. The van der Waals surface area contributed by atoms with Gasteiger partial charge < -0.3 is 53.6 Å². The second-order valence-electron chi connectivity index (χ2n) is 15.9. The molecule has 334 valence electrons. The maximum absolute atomic E-state index is 13.4. The van der Waals surface area contributed by atoms with Crippen LogP contribution in [0.1, 0.15) is 131 Å². The van der Waals surface area contributed by atoms with Crippen molar-refractivity contribution in [1.29, 1.82) is 0 Å². The quantitative estimate of drug-likeness (QED) is 0.0398. The van der Waals surface area contributed by atoms with E-state index in [1.165, 1.54) is 57.2 Å². The first-order valence-electron chi connectivity index (χ1n) is 21.2. The summed E-state index contributed by atoms with van der Waals surface area (Å²) in [5.74, 6) is -5.81. The van der Waals surface area contributed by atoms with Crippen molar-refractivity contribution in [2.45, 2.75) is 162 Å². The van der Waals surface area contributed by atoms with Gasteiger partial charge >= 0.3 is 0 Å². The first-order chi connectivity index (χ1) is 27.9. The minimum atomic E-state index is -1.21. The number of rotatable bonds is 30. The van der Waals surface area contributed by atoms with E-state index < -0.39 is 77.9 Å². The highest BCUT2D eigenvalue weighted by Gasteiger charge is 2.32. The molecule has 7 amide bonds. The van der Waals surface area contributed by atoms with Crippen LogP contribution in [0.15, 0.2) is 18.2 Å². The van der Waals surface area contributed by atoms with Gasteiger partial charge in [0.2, 0.25) is 41.4 Å². The van der Waals surface area contributed by atoms with Crippen molar-refractivity contribution in [3.63, 3.8) is 0 Å². The number of carbonyl (C=O) groups excluding carboxylic acids is 7. The van der Waals surface area contributed by atoms with Crippen LogP contribution in [-0.2, 0) is 40.0 Å².